The highest BCUT2D eigenvalue weighted by Gasteiger charge is 2.34. The van der Waals surface area contributed by atoms with Gasteiger partial charge >= 0.3 is 12.3 Å². The van der Waals surface area contributed by atoms with E-state index in [0.29, 0.717) is 5.52 Å². The lowest BCUT2D eigenvalue weighted by atomic mass is 9.92. The van der Waals surface area contributed by atoms with Gasteiger partial charge in [0.15, 0.2) is 5.82 Å². The Morgan fingerprint density at radius 1 is 1.41 bits per heavy atom. The Bertz CT molecular complexity index is 949. The smallest absolute Gasteiger partial charge is 0.465 e. The first-order valence-corrected chi connectivity index (χ1v) is 7.79. The summed E-state index contributed by atoms with van der Waals surface area (Å²) in [5, 5.41) is 2.88. The van der Waals surface area contributed by atoms with Crippen LogP contribution in [0.15, 0.2) is 36.4 Å². The number of fused-ring (bicyclic) bond motifs is 1. The van der Waals surface area contributed by atoms with Crippen molar-refractivity contribution in [3.8, 4) is 0 Å². The Kier molecular flexibility index (Phi) is 4.58. The zero-order chi connectivity index (χ0) is 19.8. The average Bonchev–Trinajstić information content (AvgIpc) is 3.06. The zero-order valence-corrected chi connectivity index (χ0v) is 14.3. The number of aromatic nitrogens is 2. The minimum Gasteiger partial charge on any atom is -0.465 e. The number of benzene rings is 1. The summed E-state index contributed by atoms with van der Waals surface area (Å²) in [5.74, 6) is -1.91. The van der Waals surface area contributed by atoms with Gasteiger partial charge < -0.3 is 19.8 Å². The highest BCUT2D eigenvalue weighted by atomic mass is 19.4. The molecule has 0 bridgehead atoms. The molecule has 0 radical (unpaired) electrons. The molecule has 2 aromatic rings. The van der Waals surface area contributed by atoms with Crippen molar-refractivity contribution < 1.29 is 31.8 Å². The summed E-state index contributed by atoms with van der Waals surface area (Å²) in [6.07, 6.45) is 0.309. The number of ether oxygens (including phenoxy) is 2. The van der Waals surface area contributed by atoms with E-state index in [0.717, 1.165) is 13.2 Å². The van der Waals surface area contributed by atoms with Crippen molar-refractivity contribution >= 4 is 22.7 Å². The van der Waals surface area contributed by atoms with Gasteiger partial charge in [-0.1, -0.05) is 6.08 Å². The van der Waals surface area contributed by atoms with Crippen molar-refractivity contribution in [3.05, 3.63) is 47.8 Å². The normalized spacial score (nSPS) is 19.7. The van der Waals surface area contributed by atoms with Gasteiger partial charge in [-0.05, 0) is 31.6 Å². The van der Waals surface area contributed by atoms with Crippen molar-refractivity contribution in [2.75, 3.05) is 12.4 Å². The molecule has 0 spiro atoms. The van der Waals surface area contributed by atoms with E-state index >= 15 is 0 Å². The minimum atomic E-state index is -4.80. The number of carbonyl (C=O) groups excluding carboxylic acids is 1. The summed E-state index contributed by atoms with van der Waals surface area (Å²) < 4.78 is 60.4. The highest BCUT2D eigenvalue weighted by molar-refractivity contribution is 6.00. The third kappa shape index (κ3) is 3.88. The topological polar surface area (TPSA) is 76.2 Å². The fraction of sp³-hybridized carbons (Fsp3) is 0.294. The summed E-state index contributed by atoms with van der Waals surface area (Å²) in [4.78, 5) is 18.7. The number of rotatable bonds is 4. The van der Waals surface area contributed by atoms with Gasteiger partial charge in [0.05, 0.1) is 35.7 Å². The number of halogens is 4. The van der Waals surface area contributed by atoms with Crippen LogP contribution in [0.25, 0.3) is 11.0 Å². The molecule has 3 rings (SSSR count). The molecule has 10 heteroatoms. The molecule has 1 aromatic heterocycles. The zero-order valence-electron chi connectivity index (χ0n) is 14.3. The second kappa shape index (κ2) is 6.60. The second-order valence-corrected chi connectivity index (χ2v) is 6.14. The first-order valence-electron chi connectivity index (χ1n) is 7.79. The van der Waals surface area contributed by atoms with Crippen LogP contribution in [0.2, 0.25) is 0 Å². The van der Waals surface area contributed by atoms with E-state index < -0.39 is 23.7 Å². The SMILES string of the molecule is COC(=O)c1cc2[nH]cnc2c(F)c1NC1(C)C=CC(OC(F)(F)F)=CC1. The number of methoxy groups -OCH3 is 1. The number of aromatic amines is 1. The number of H-pyrrole nitrogens is 1. The average molecular weight is 385 g/mol. The van der Waals surface area contributed by atoms with Crippen molar-refractivity contribution in [2.45, 2.75) is 25.2 Å². The predicted octanol–water partition coefficient (Wildman–Crippen LogP) is 4.04. The van der Waals surface area contributed by atoms with Gasteiger partial charge in [-0.2, -0.15) is 0 Å². The van der Waals surface area contributed by atoms with Gasteiger partial charge in [0.2, 0.25) is 0 Å². The Hall–Kier alpha value is -3.04. The Morgan fingerprint density at radius 2 is 2.15 bits per heavy atom. The van der Waals surface area contributed by atoms with Crippen molar-refractivity contribution in [1.82, 2.24) is 9.97 Å². The number of esters is 1. The third-order valence-corrected chi connectivity index (χ3v) is 4.05. The molecular weight excluding hydrogens is 370 g/mol. The van der Waals surface area contributed by atoms with Crippen LogP contribution in [0, 0.1) is 5.82 Å². The molecule has 0 aliphatic heterocycles. The van der Waals surface area contributed by atoms with Crippen LogP contribution in [-0.2, 0) is 9.47 Å². The maximum atomic E-state index is 14.9. The van der Waals surface area contributed by atoms with Crippen molar-refractivity contribution in [1.29, 1.82) is 0 Å². The molecule has 0 saturated heterocycles. The van der Waals surface area contributed by atoms with Crippen LogP contribution < -0.4 is 5.32 Å². The molecule has 144 valence electrons. The molecule has 1 atom stereocenters. The fourth-order valence-electron chi connectivity index (χ4n) is 2.74. The van der Waals surface area contributed by atoms with Crippen LogP contribution in [0.4, 0.5) is 23.2 Å². The predicted molar refractivity (Wildman–Crippen MR) is 88.4 cm³/mol. The lowest BCUT2D eigenvalue weighted by Gasteiger charge is -2.31. The quantitative estimate of drug-likeness (QED) is 0.614. The van der Waals surface area contributed by atoms with Gasteiger partial charge in [-0.3, -0.25) is 0 Å². The summed E-state index contributed by atoms with van der Waals surface area (Å²) >= 11 is 0. The molecule has 1 unspecified atom stereocenters. The molecule has 1 heterocycles. The number of nitrogens with one attached hydrogen (secondary N) is 2. The lowest BCUT2D eigenvalue weighted by Crippen LogP contribution is -2.35. The van der Waals surface area contributed by atoms with Gasteiger partial charge in [-0.25, -0.2) is 14.2 Å². The standard InChI is InChI=1S/C17H15F4N3O3/c1-16(5-3-9(4-6-16)27-17(19,20)21)24-13-10(15(25)26-2)7-11-14(12(13)18)23-8-22-11/h3-5,7-8,24H,6H2,1-2H3,(H,22,23). The van der Waals surface area contributed by atoms with Crippen LogP contribution in [0.1, 0.15) is 23.7 Å². The van der Waals surface area contributed by atoms with Gasteiger partial charge in [-0.15, -0.1) is 13.2 Å². The number of imidazole rings is 1. The van der Waals surface area contributed by atoms with E-state index in [1.807, 2.05) is 0 Å². The summed E-state index contributed by atoms with van der Waals surface area (Å²) in [6.45, 7) is 1.64. The molecule has 1 aromatic carbocycles. The first kappa shape index (κ1) is 18.7. The number of anilines is 1. The number of nitrogens with zero attached hydrogens (tertiary/aromatic N) is 1. The van der Waals surface area contributed by atoms with Gasteiger partial charge in [0.25, 0.3) is 0 Å². The highest BCUT2D eigenvalue weighted by Crippen LogP contribution is 2.34. The summed E-state index contributed by atoms with van der Waals surface area (Å²) in [7, 11) is 1.16. The molecule has 1 aliphatic rings. The molecule has 0 amide bonds. The van der Waals surface area contributed by atoms with E-state index in [9.17, 15) is 22.4 Å². The van der Waals surface area contributed by atoms with E-state index in [-0.39, 0.29) is 28.9 Å². The molecule has 27 heavy (non-hydrogen) atoms. The molecule has 0 saturated carbocycles. The molecular formula is C17H15F4N3O3. The Morgan fingerprint density at radius 3 is 2.74 bits per heavy atom. The van der Waals surface area contributed by atoms with Crippen LogP contribution in [0.3, 0.4) is 0 Å². The van der Waals surface area contributed by atoms with Crippen molar-refractivity contribution in [3.63, 3.8) is 0 Å². The van der Waals surface area contributed by atoms with E-state index in [2.05, 4.69) is 20.0 Å². The minimum absolute atomic E-state index is 0.0187. The third-order valence-electron chi connectivity index (χ3n) is 4.05. The number of hydrogen-bond donors (Lipinski definition) is 2. The van der Waals surface area contributed by atoms with E-state index in [4.69, 9.17) is 4.74 Å². The van der Waals surface area contributed by atoms with E-state index in [1.54, 1.807) is 6.92 Å². The maximum Gasteiger partial charge on any atom is 0.573 e. The monoisotopic (exact) mass is 385 g/mol. The second-order valence-electron chi connectivity index (χ2n) is 6.14. The van der Waals surface area contributed by atoms with Crippen LogP contribution in [0.5, 0.6) is 0 Å². The summed E-state index contributed by atoms with van der Waals surface area (Å²) in [5.41, 5.74) is -0.856. The Labute approximate surface area is 150 Å². The molecule has 0 fully saturated rings. The van der Waals surface area contributed by atoms with Crippen LogP contribution >= 0.6 is 0 Å². The van der Waals surface area contributed by atoms with Crippen LogP contribution in [-0.4, -0.2) is 34.9 Å². The number of alkyl halides is 3. The first-order chi connectivity index (χ1) is 12.6. The number of hydrogen-bond acceptors (Lipinski definition) is 5. The lowest BCUT2D eigenvalue weighted by molar-refractivity contribution is -0.303. The Balaban J connectivity index is 1.93. The molecule has 2 N–H and O–H groups in total. The molecule has 1 aliphatic carbocycles. The van der Waals surface area contributed by atoms with Gasteiger partial charge in [0, 0.05) is 0 Å². The largest absolute Gasteiger partial charge is 0.573 e. The fourth-order valence-corrected chi connectivity index (χ4v) is 2.74. The molecule has 6 nitrogen and oxygen atoms in total. The number of carbonyl (C=O) groups is 1. The number of allylic oxidation sites excluding steroid dienone is 1. The van der Waals surface area contributed by atoms with Crippen molar-refractivity contribution in [2.24, 2.45) is 0 Å². The van der Waals surface area contributed by atoms with Gasteiger partial charge in [0.1, 0.15) is 11.3 Å². The van der Waals surface area contributed by atoms with E-state index in [1.165, 1.54) is 24.5 Å². The maximum absolute atomic E-state index is 14.9. The summed E-state index contributed by atoms with van der Waals surface area (Å²) in [6, 6.07) is 1.39.